The van der Waals surface area contributed by atoms with Crippen LogP contribution in [0.2, 0.25) is 0 Å². The molecule has 1 amide bonds. The Morgan fingerprint density at radius 2 is 2.07 bits per heavy atom. The van der Waals surface area contributed by atoms with Crippen molar-refractivity contribution in [1.29, 1.82) is 0 Å². The number of halogens is 1. The molecule has 0 spiro atoms. The lowest BCUT2D eigenvalue weighted by Gasteiger charge is -2.18. The van der Waals surface area contributed by atoms with Crippen LogP contribution >= 0.6 is 11.6 Å². The van der Waals surface area contributed by atoms with Gasteiger partial charge in [0.05, 0.1) is 6.54 Å². The molecule has 3 nitrogen and oxygen atoms in total. The molecule has 0 saturated heterocycles. The first-order valence-electron chi connectivity index (χ1n) is 4.75. The first kappa shape index (κ1) is 12.0. The number of hydrogen-bond acceptors (Lipinski definition) is 2. The Kier molecular flexibility index (Phi) is 5.15. The molecule has 0 atom stereocenters. The third-order valence-electron chi connectivity index (χ3n) is 1.87. The number of nitrogens with zero attached hydrogens (tertiary/aromatic N) is 1. The molecule has 0 aliphatic carbocycles. The van der Waals surface area contributed by atoms with Crippen LogP contribution in [0.4, 0.5) is 0 Å². The van der Waals surface area contributed by atoms with E-state index in [0.717, 1.165) is 5.56 Å². The molecule has 0 aliphatic rings. The third-order valence-corrected chi connectivity index (χ3v) is 2.04. The van der Waals surface area contributed by atoms with Gasteiger partial charge >= 0.3 is 0 Å². The Bertz CT molecular complexity index is 303. The number of benzene rings is 1. The standard InChI is InChI=1S/C11H14ClNO2/c1-10(14)13(8-7-12)15-9-11-5-3-2-4-6-11/h2-6H,7-9H2,1H3. The molecule has 0 bridgehead atoms. The smallest absolute Gasteiger partial charge is 0.243 e. The number of carbonyl (C=O) groups is 1. The van der Waals surface area contributed by atoms with Crippen LogP contribution in [-0.2, 0) is 16.2 Å². The van der Waals surface area contributed by atoms with E-state index in [9.17, 15) is 4.79 Å². The van der Waals surface area contributed by atoms with E-state index < -0.39 is 0 Å². The van der Waals surface area contributed by atoms with Crippen molar-refractivity contribution in [2.24, 2.45) is 0 Å². The summed E-state index contributed by atoms with van der Waals surface area (Å²) in [6.45, 7) is 2.25. The summed E-state index contributed by atoms with van der Waals surface area (Å²) in [6, 6.07) is 9.68. The zero-order valence-electron chi connectivity index (χ0n) is 8.65. The minimum Gasteiger partial charge on any atom is -0.273 e. The molecule has 0 N–H and O–H groups in total. The maximum absolute atomic E-state index is 11.1. The predicted octanol–water partition coefficient (Wildman–Crippen LogP) is 2.21. The fraction of sp³-hybridized carbons (Fsp3) is 0.364. The van der Waals surface area contributed by atoms with Gasteiger partial charge in [0, 0.05) is 12.8 Å². The van der Waals surface area contributed by atoms with Crippen LogP contribution in [0.3, 0.4) is 0 Å². The van der Waals surface area contributed by atoms with Gasteiger partial charge in [-0.1, -0.05) is 30.3 Å². The van der Waals surface area contributed by atoms with E-state index in [-0.39, 0.29) is 5.91 Å². The van der Waals surface area contributed by atoms with Gasteiger partial charge in [-0.25, -0.2) is 5.06 Å². The topological polar surface area (TPSA) is 29.5 Å². The molecule has 0 fully saturated rings. The fourth-order valence-corrected chi connectivity index (χ4v) is 1.27. The van der Waals surface area contributed by atoms with Crippen LogP contribution in [-0.4, -0.2) is 23.4 Å². The molecule has 82 valence electrons. The second-order valence-electron chi connectivity index (χ2n) is 3.07. The van der Waals surface area contributed by atoms with Crippen LogP contribution < -0.4 is 0 Å². The van der Waals surface area contributed by atoms with Crippen LogP contribution in [0.5, 0.6) is 0 Å². The molecule has 0 saturated carbocycles. The zero-order chi connectivity index (χ0) is 11.1. The Hall–Kier alpha value is -1.06. The Morgan fingerprint density at radius 1 is 1.40 bits per heavy atom. The summed E-state index contributed by atoms with van der Waals surface area (Å²) >= 11 is 5.55. The van der Waals surface area contributed by atoms with Crippen molar-refractivity contribution in [1.82, 2.24) is 5.06 Å². The number of alkyl halides is 1. The fourth-order valence-electron chi connectivity index (χ4n) is 1.12. The van der Waals surface area contributed by atoms with Gasteiger partial charge in [-0.2, -0.15) is 0 Å². The Labute approximate surface area is 94.5 Å². The van der Waals surface area contributed by atoms with Gasteiger partial charge in [0.2, 0.25) is 5.91 Å². The van der Waals surface area contributed by atoms with E-state index in [1.165, 1.54) is 12.0 Å². The molecule has 1 rings (SSSR count). The van der Waals surface area contributed by atoms with Gasteiger partial charge in [0.25, 0.3) is 0 Å². The van der Waals surface area contributed by atoms with Gasteiger partial charge in [0.15, 0.2) is 0 Å². The molecular formula is C11H14ClNO2. The van der Waals surface area contributed by atoms with Gasteiger partial charge in [0.1, 0.15) is 6.61 Å². The van der Waals surface area contributed by atoms with Crippen molar-refractivity contribution >= 4 is 17.5 Å². The van der Waals surface area contributed by atoms with E-state index in [2.05, 4.69) is 0 Å². The summed E-state index contributed by atoms with van der Waals surface area (Å²) in [5.41, 5.74) is 1.03. The summed E-state index contributed by atoms with van der Waals surface area (Å²) in [5, 5.41) is 1.28. The highest BCUT2D eigenvalue weighted by molar-refractivity contribution is 6.18. The number of rotatable bonds is 5. The lowest BCUT2D eigenvalue weighted by Crippen LogP contribution is -2.30. The van der Waals surface area contributed by atoms with E-state index in [1.54, 1.807) is 0 Å². The minimum absolute atomic E-state index is 0.133. The molecule has 0 aromatic heterocycles. The summed E-state index contributed by atoms with van der Waals surface area (Å²) in [6.07, 6.45) is 0. The highest BCUT2D eigenvalue weighted by Crippen LogP contribution is 2.03. The van der Waals surface area contributed by atoms with E-state index in [4.69, 9.17) is 16.4 Å². The normalized spacial score (nSPS) is 10.0. The van der Waals surface area contributed by atoms with Crippen molar-refractivity contribution in [2.45, 2.75) is 13.5 Å². The second-order valence-corrected chi connectivity index (χ2v) is 3.45. The number of carbonyl (C=O) groups excluding carboxylic acids is 1. The molecular weight excluding hydrogens is 214 g/mol. The van der Waals surface area contributed by atoms with Crippen LogP contribution in [0.1, 0.15) is 12.5 Å². The molecule has 0 radical (unpaired) electrons. The first-order chi connectivity index (χ1) is 7.24. The molecule has 15 heavy (non-hydrogen) atoms. The van der Waals surface area contributed by atoms with E-state index >= 15 is 0 Å². The van der Waals surface area contributed by atoms with Gasteiger partial charge < -0.3 is 0 Å². The van der Waals surface area contributed by atoms with Crippen molar-refractivity contribution in [2.75, 3.05) is 12.4 Å². The number of hydrogen-bond donors (Lipinski definition) is 0. The molecule has 0 unspecified atom stereocenters. The second kappa shape index (κ2) is 6.43. The largest absolute Gasteiger partial charge is 0.273 e. The molecule has 1 aromatic rings. The summed E-state index contributed by atoms with van der Waals surface area (Å²) < 4.78 is 0. The first-order valence-corrected chi connectivity index (χ1v) is 5.28. The Morgan fingerprint density at radius 3 is 2.60 bits per heavy atom. The van der Waals surface area contributed by atoms with Crippen molar-refractivity contribution in [3.63, 3.8) is 0 Å². The maximum atomic E-state index is 11.1. The summed E-state index contributed by atoms with van der Waals surface area (Å²) in [4.78, 5) is 16.4. The zero-order valence-corrected chi connectivity index (χ0v) is 9.41. The number of amides is 1. The van der Waals surface area contributed by atoms with Crippen LogP contribution in [0.15, 0.2) is 30.3 Å². The predicted molar refractivity (Wildman–Crippen MR) is 59.3 cm³/mol. The monoisotopic (exact) mass is 227 g/mol. The summed E-state index contributed by atoms with van der Waals surface area (Å²) in [7, 11) is 0. The lowest BCUT2D eigenvalue weighted by molar-refractivity contribution is -0.187. The van der Waals surface area contributed by atoms with Gasteiger partial charge in [-0.05, 0) is 5.56 Å². The average molecular weight is 228 g/mol. The summed E-state index contributed by atoms with van der Waals surface area (Å²) in [5.74, 6) is 0.237. The number of hydroxylamine groups is 2. The average Bonchev–Trinajstić information content (AvgIpc) is 2.25. The highest BCUT2D eigenvalue weighted by Gasteiger charge is 2.08. The molecule has 0 aliphatic heterocycles. The van der Waals surface area contributed by atoms with Crippen LogP contribution in [0.25, 0.3) is 0 Å². The van der Waals surface area contributed by atoms with Crippen LogP contribution in [0, 0.1) is 0 Å². The van der Waals surface area contributed by atoms with Gasteiger partial charge in [-0.3, -0.25) is 9.63 Å². The Balaban J connectivity index is 2.43. The van der Waals surface area contributed by atoms with Crippen molar-refractivity contribution < 1.29 is 9.63 Å². The quantitative estimate of drug-likeness (QED) is 0.570. The van der Waals surface area contributed by atoms with Crippen molar-refractivity contribution in [3.05, 3.63) is 35.9 Å². The van der Waals surface area contributed by atoms with E-state index in [1.807, 2.05) is 30.3 Å². The highest BCUT2D eigenvalue weighted by atomic mass is 35.5. The van der Waals surface area contributed by atoms with E-state index in [0.29, 0.717) is 19.0 Å². The minimum atomic E-state index is -0.133. The van der Waals surface area contributed by atoms with Crippen molar-refractivity contribution in [3.8, 4) is 0 Å². The molecule has 4 heteroatoms. The third kappa shape index (κ3) is 4.32. The molecule has 0 heterocycles. The van der Waals surface area contributed by atoms with Gasteiger partial charge in [-0.15, -0.1) is 11.6 Å². The maximum Gasteiger partial charge on any atom is 0.243 e. The molecule has 1 aromatic carbocycles. The lowest BCUT2D eigenvalue weighted by atomic mass is 10.2. The SMILES string of the molecule is CC(=O)N(CCCl)OCc1ccccc1.